The smallest absolute Gasteiger partial charge is 0.329 e. The van der Waals surface area contributed by atoms with Gasteiger partial charge in [-0.05, 0) is 39.3 Å². The highest BCUT2D eigenvalue weighted by Crippen LogP contribution is 2.29. The number of imide groups is 1. The van der Waals surface area contributed by atoms with Crippen LogP contribution in [0.5, 0.6) is 0 Å². The molecule has 2 saturated heterocycles. The first-order valence-corrected chi connectivity index (χ1v) is 7.09. The molecule has 2 heterocycles. The van der Waals surface area contributed by atoms with Gasteiger partial charge in [-0.2, -0.15) is 0 Å². The van der Waals surface area contributed by atoms with E-state index in [1.807, 2.05) is 0 Å². The molecule has 1 unspecified atom stereocenters. The lowest BCUT2D eigenvalue weighted by molar-refractivity contribution is -0.152. The molecule has 0 saturated carbocycles. The van der Waals surface area contributed by atoms with Crippen molar-refractivity contribution in [2.24, 2.45) is 0 Å². The number of hydrogen-bond acceptors (Lipinski definition) is 5. The Kier molecular flexibility index (Phi) is 4.27. The van der Waals surface area contributed by atoms with Crippen LogP contribution in [0.15, 0.2) is 0 Å². The van der Waals surface area contributed by atoms with E-state index in [0.717, 1.165) is 4.90 Å². The summed E-state index contributed by atoms with van der Waals surface area (Å²) in [6.07, 6.45) is 1.45. The molecule has 2 aliphatic heterocycles. The van der Waals surface area contributed by atoms with Gasteiger partial charge < -0.3 is 15.4 Å². The lowest BCUT2D eigenvalue weighted by Crippen LogP contribution is -2.54. The van der Waals surface area contributed by atoms with E-state index in [1.165, 1.54) is 0 Å². The van der Waals surface area contributed by atoms with E-state index in [9.17, 15) is 14.4 Å². The molecule has 1 spiro atoms. The molecule has 2 aliphatic rings. The summed E-state index contributed by atoms with van der Waals surface area (Å²) in [6.45, 7) is 5.04. The standard InChI is InChI=1S/C13H21N3O4/c1-3-9(10(17)20-4-2)16-11(18)13(15-12(16)19)5-7-14-8-6-13/h9,14H,3-8H2,1-2H3,(H,15,19). The number of rotatable bonds is 4. The average molecular weight is 283 g/mol. The molecule has 0 aromatic heterocycles. The third-order valence-electron chi connectivity index (χ3n) is 3.91. The molecule has 2 N–H and O–H groups in total. The SMILES string of the molecule is CCOC(=O)C(CC)N1C(=O)NC2(CCNCC2)C1=O. The number of carbonyl (C=O) groups excluding carboxylic acids is 3. The number of nitrogens with zero attached hydrogens (tertiary/aromatic N) is 1. The molecule has 1 atom stereocenters. The van der Waals surface area contributed by atoms with Gasteiger partial charge in [0.2, 0.25) is 0 Å². The van der Waals surface area contributed by atoms with Gasteiger partial charge in [-0.3, -0.25) is 4.79 Å². The molecule has 0 aliphatic carbocycles. The Morgan fingerprint density at radius 3 is 2.55 bits per heavy atom. The van der Waals surface area contributed by atoms with E-state index in [1.54, 1.807) is 13.8 Å². The van der Waals surface area contributed by atoms with Crippen molar-refractivity contribution >= 4 is 17.9 Å². The zero-order valence-corrected chi connectivity index (χ0v) is 11.9. The minimum absolute atomic E-state index is 0.230. The van der Waals surface area contributed by atoms with Gasteiger partial charge in [0.1, 0.15) is 11.6 Å². The fraction of sp³-hybridized carbons (Fsp3) is 0.769. The molecule has 7 nitrogen and oxygen atoms in total. The van der Waals surface area contributed by atoms with Gasteiger partial charge in [-0.25, -0.2) is 14.5 Å². The summed E-state index contributed by atoms with van der Waals surface area (Å²) in [5, 5.41) is 5.93. The summed E-state index contributed by atoms with van der Waals surface area (Å²) in [5.41, 5.74) is -0.845. The first-order valence-electron chi connectivity index (χ1n) is 7.09. The van der Waals surface area contributed by atoms with Crippen LogP contribution in [0.3, 0.4) is 0 Å². The first kappa shape index (κ1) is 14.8. The molecule has 3 amide bonds. The maximum Gasteiger partial charge on any atom is 0.329 e. The second-order valence-electron chi connectivity index (χ2n) is 5.11. The van der Waals surface area contributed by atoms with Gasteiger partial charge in [0.25, 0.3) is 5.91 Å². The number of urea groups is 1. The number of piperidine rings is 1. The van der Waals surface area contributed by atoms with Gasteiger partial charge in [-0.15, -0.1) is 0 Å². The minimum Gasteiger partial charge on any atom is -0.464 e. The highest BCUT2D eigenvalue weighted by molar-refractivity contribution is 6.09. The van der Waals surface area contributed by atoms with E-state index in [-0.39, 0.29) is 12.5 Å². The number of amides is 3. The van der Waals surface area contributed by atoms with E-state index >= 15 is 0 Å². The van der Waals surface area contributed by atoms with Crippen molar-refractivity contribution in [2.75, 3.05) is 19.7 Å². The van der Waals surface area contributed by atoms with E-state index in [4.69, 9.17) is 4.74 Å². The Labute approximate surface area is 118 Å². The average Bonchev–Trinajstić information content (AvgIpc) is 2.65. The van der Waals surface area contributed by atoms with Crippen LogP contribution in [-0.2, 0) is 14.3 Å². The zero-order valence-electron chi connectivity index (χ0n) is 11.9. The van der Waals surface area contributed by atoms with Crippen LogP contribution in [-0.4, -0.2) is 54.1 Å². The topological polar surface area (TPSA) is 87.7 Å². The molecule has 0 aromatic rings. The Morgan fingerprint density at radius 1 is 1.35 bits per heavy atom. The lowest BCUT2D eigenvalue weighted by atomic mass is 9.88. The van der Waals surface area contributed by atoms with Crippen LogP contribution in [0.25, 0.3) is 0 Å². The van der Waals surface area contributed by atoms with Gasteiger partial charge >= 0.3 is 12.0 Å². The second-order valence-corrected chi connectivity index (χ2v) is 5.11. The van der Waals surface area contributed by atoms with Crippen LogP contribution in [0.2, 0.25) is 0 Å². The highest BCUT2D eigenvalue weighted by atomic mass is 16.5. The quantitative estimate of drug-likeness (QED) is 0.560. The third kappa shape index (κ3) is 2.37. The van der Waals surface area contributed by atoms with Crippen molar-refractivity contribution in [3.63, 3.8) is 0 Å². The van der Waals surface area contributed by atoms with Gasteiger partial charge in [-0.1, -0.05) is 6.92 Å². The number of nitrogens with one attached hydrogen (secondary N) is 2. The van der Waals surface area contributed by atoms with Crippen LogP contribution in [0.1, 0.15) is 33.1 Å². The summed E-state index contributed by atoms with van der Waals surface area (Å²) in [5.74, 6) is -0.826. The van der Waals surface area contributed by atoms with Crippen molar-refractivity contribution in [1.82, 2.24) is 15.5 Å². The largest absolute Gasteiger partial charge is 0.464 e. The van der Waals surface area contributed by atoms with Crippen LogP contribution >= 0.6 is 0 Å². The maximum absolute atomic E-state index is 12.6. The number of carbonyl (C=O) groups is 3. The van der Waals surface area contributed by atoms with Crippen molar-refractivity contribution in [1.29, 1.82) is 0 Å². The molecule has 7 heteroatoms. The van der Waals surface area contributed by atoms with Gasteiger partial charge in [0.15, 0.2) is 0 Å². The first-order chi connectivity index (χ1) is 9.55. The van der Waals surface area contributed by atoms with Crippen LogP contribution in [0, 0.1) is 0 Å². The number of hydrogen-bond donors (Lipinski definition) is 2. The molecular weight excluding hydrogens is 262 g/mol. The molecular formula is C13H21N3O4. The summed E-state index contributed by atoms with van der Waals surface area (Å²) < 4.78 is 4.95. The summed E-state index contributed by atoms with van der Waals surface area (Å²) in [7, 11) is 0. The Balaban J connectivity index is 2.21. The number of esters is 1. The highest BCUT2D eigenvalue weighted by Gasteiger charge is 2.54. The Bertz CT molecular complexity index is 418. The van der Waals surface area contributed by atoms with Gasteiger partial charge in [0.05, 0.1) is 6.61 Å². The van der Waals surface area contributed by atoms with Crippen molar-refractivity contribution in [2.45, 2.75) is 44.7 Å². The van der Waals surface area contributed by atoms with Crippen LogP contribution in [0.4, 0.5) is 4.79 Å². The van der Waals surface area contributed by atoms with E-state index in [2.05, 4.69) is 10.6 Å². The Hall–Kier alpha value is -1.63. The minimum atomic E-state index is -0.845. The normalized spacial score (nSPS) is 22.8. The zero-order chi connectivity index (χ0) is 14.8. The molecule has 0 bridgehead atoms. The molecule has 2 rings (SSSR count). The van der Waals surface area contributed by atoms with Crippen LogP contribution < -0.4 is 10.6 Å². The van der Waals surface area contributed by atoms with Crippen molar-refractivity contribution < 1.29 is 19.1 Å². The van der Waals surface area contributed by atoms with Crippen molar-refractivity contribution in [3.05, 3.63) is 0 Å². The van der Waals surface area contributed by atoms with E-state index < -0.39 is 23.6 Å². The van der Waals surface area contributed by atoms with E-state index in [0.29, 0.717) is 32.4 Å². The number of ether oxygens (including phenoxy) is 1. The lowest BCUT2D eigenvalue weighted by Gasteiger charge is -2.31. The predicted molar refractivity (Wildman–Crippen MR) is 70.9 cm³/mol. The summed E-state index contributed by atoms with van der Waals surface area (Å²) >= 11 is 0. The summed E-state index contributed by atoms with van der Waals surface area (Å²) in [4.78, 5) is 37.7. The fourth-order valence-corrected chi connectivity index (χ4v) is 2.81. The Morgan fingerprint density at radius 2 is 2.00 bits per heavy atom. The molecule has 2 fully saturated rings. The maximum atomic E-state index is 12.6. The molecule has 0 aromatic carbocycles. The second kappa shape index (κ2) is 5.78. The molecule has 112 valence electrons. The molecule has 20 heavy (non-hydrogen) atoms. The van der Waals surface area contributed by atoms with Gasteiger partial charge in [0, 0.05) is 0 Å². The predicted octanol–water partition coefficient (Wildman–Crippen LogP) is 0.00210. The molecule has 0 radical (unpaired) electrons. The fourth-order valence-electron chi connectivity index (χ4n) is 2.81. The summed E-state index contributed by atoms with van der Waals surface area (Å²) in [6, 6.07) is -1.33. The third-order valence-corrected chi connectivity index (χ3v) is 3.91. The monoisotopic (exact) mass is 283 g/mol. The van der Waals surface area contributed by atoms with Crippen molar-refractivity contribution in [3.8, 4) is 0 Å².